The van der Waals surface area contributed by atoms with Crippen molar-refractivity contribution >= 4 is 0 Å². The Morgan fingerprint density at radius 2 is 0.923 bits per heavy atom. The summed E-state index contributed by atoms with van der Waals surface area (Å²) in [6.07, 6.45) is -4.11. The largest absolute Gasteiger partial charge is 0.392 e. The molecule has 0 saturated heterocycles. The molecule has 0 nitrogen and oxygen atoms in total. The van der Waals surface area contributed by atoms with Crippen molar-refractivity contribution in [2.45, 2.75) is 47.7 Å². The van der Waals surface area contributed by atoms with Gasteiger partial charge >= 0.3 is 6.18 Å². The average molecular weight is 196 g/mol. The number of rotatable bonds is 0. The smallest absolute Gasteiger partial charge is 0.171 e. The SMILES string of the molecule is CC(C)(C)C(C(C)(C)C)C(F)(F)F. The normalized spacial score (nSPS) is 15.2. The molecule has 0 saturated carbocycles. The van der Waals surface area contributed by atoms with Crippen LogP contribution < -0.4 is 0 Å². The number of alkyl halides is 3. The van der Waals surface area contributed by atoms with Gasteiger partial charge in [-0.3, -0.25) is 0 Å². The zero-order valence-electron chi connectivity index (χ0n) is 9.21. The topological polar surface area (TPSA) is 0 Å². The van der Waals surface area contributed by atoms with Crippen LogP contribution in [-0.2, 0) is 0 Å². The Morgan fingerprint density at radius 3 is 0.923 bits per heavy atom. The fourth-order valence-corrected chi connectivity index (χ4v) is 2.28. The molecule has 13 heavy (non-hydrogen) atoms. The fraction of sp³-hybridized carbons (Fsp3) is 1.00. The average Bonchev–Trinajstić information content (AvgIpc) is 1.44. The second kappa shape index (κ2) is 3.18. The lowest BCUT2D eigenvalue weighted by Gasteiger charge is -2.41. The first-order valence-electron chi connectivity index (χ1n) is 4.43. The van der Waals surface area contributed by atoms with Gasteiger partial charge in [-0.15, -0.1) is 0 Å². The molecule has 0 fully saturated rings. The van der Waals surface area contributed by atoms with Crippen LogP contribution in [0.4, 0.5) is 13.2 Å². The second-order valence-electron chi connectivity index (χ2n) is 5.71. The number of hydrogen-bond acceptors (Lipinski definition) is 0. The van der Waals surface area contributed by atoms with Gasteiger partial charge in [-0.25, -0.2) is 0 Å². The van der Waals surface area contributed by atoms with Crippen LogP contribution in [0.1, 0.15) is 41.5 Å². The molecule has 0 bridgehead atoms. The molecule has 0 radical (unpaired) electrons. The molecule has 0 heterocycles. The molecular weight excluding hydrogens is 177 g/mol. The van der Waals surface area contributed by atoms with Crippen LogP contribution in [-0.4, -0.2) is 6.18 Å². The molecule has 3 heteroatoms. The molecule has 0 aromatic carbocycles. The van der Waals surface area contributed by atoms with Crippen LogP contribution in [0.3, 0.4) is 0 Å². The molecule has 0 aliphatic rings. The monoisotopic (exact) mass is 196 g/mol. The zero-order chi connectivity index (χ0) is 11.1. The highest BCUT2D eigenvalue weighted by Gasteiger charge is 2.52. The van der Waals surface area contributed by atoms with E-state index in [9.17, 15) is 13.2 Å². The molecule has 0 rings (SSSR count). The van der Waals surface area contributed by atoms with E-state index >= 15 is 0 Å². The van der Waals surface area contributed by atoms with Crippen molar-refractivity contribution in [3.8, 4) is 0 Å². The molecule has 0 aliphatic heterocycles. The number of hydrogen-bond donors (Lipinski definition) is 0. The van der Waals surface area contributed by atoms with E-state index in [-0.39, 0.29) is 0 Å². The lowest BCUT2D eigenvalue weighted by molar-refractivity contribution is -0.229. The van der Waals surface area contributed by atoms with E-state index in [0.717, 1.165) is 0 Å². The molecule has 0 N–H and O–H groups in total. The minimum absolute atomic E-state index is 0.740. The molecular formula is C10H19F3. The summed E-state index contributed by atoms with van der Waals surface area (Å²) in [6.45, 7) is 9.81. The molecule has 80 valence electrons. The van der Waals surface area contributed by atoms with Gasteiger partial charge in [0, 0.05) is 0 Å². The predicted octanol–water partition coefficient (Wildman–Crippen LogP) is 4.26. The van der Waals surface area contributed by atoms with Crippen LogP contribution in [0.5, 0.6) is 0 Å². The van der Waals surface area contributed by atoms with Gasteiger partial charge in [-0.1, -0.05) is 41.5 Å². The first-order valence-corrected chi connectivity index (χ1v) is 4.43. The van der Waals surface area contributed by atoms with E-state index in [1.165, 1.54) is 0 Å². The summed E-state index contributed by atoms with van der Waals surface area (Å²) in [5, 5.41) is 0. The van der Waals surface area contributed by atoms with E-state index in [1.807, 2.05) is 0 Å². The first kappa shape index (κ1) is 12.8. The van der Waals surface area contributed by atoms with Crippen LogP contribution in [0.2, 0.25) is 0 Å². The zero-order valence-corrected chi connectivity index (χ0v) is 9.21. The maximum absolute atomic E-state index is 12.7. The third-order valence-corrected chi connectivity index (χ3v) is 2.06. The molecule has 0 spiro atoms. The Morgan fingerprint density at radius 1 is 0.692 bits per heavy atom. The van der Waals surface area contributed by atoms with Crippen molar-refractivity contribution in [2.24, 2.45) is 16.7 Å². The molecule has 0 atom stereocenters. The number of halogens is 3. The highest BCUT2D eigenvalue weighted by atomic mass is 19.4. The summed E-state index contributed by atoms with van der Waals surface area (Å²) < 4.78 is 38.1. The lowest BCUT2D eigenvalue weighted by Crippen LogP contribution is -2.43. The summed E-state index contributed by atoms with van der Waals surface area (Å²) >= 11 is 0. The summed E-state index contributed by atoms with van der Waals surface area (Å²) in [5.74, 6) is -1.27. The van der Waals surface area contributed by atoms with Crippen LogP contribution in [0.15, 0.2) is 0 Å². The minimum atomic E-state index is -4.11. The summed E-state index contributed by atoms with van der Waals surface area (Å²) in [5.41, 5.74) is -1.48. The Hall–Kier alpha value is -0.210. The van der Waals surface area contributed by atoms with Crippen molar-refractivity contribution in [1.82, 2.24) is 0 Å². The third kappa shape index (κ3) is 3.57. The van der Waals surface area contributed by atoms with Crippen molar-refractivity contribution in [3.05, 3.63) is 0 Å². The van der Waals surface area contributed by atoms with Gasteiger partial charge in [0.05, 0.1) is 5.92 Å². The van der Waals surface area contributed by atoms with Crippen LogP contribution in [0.25, 0.3) is 0 Å². The van der Waals surface area contributed by atoms with Crippen LogP contribution >= 0.6 is 0 Å². The Bertz CT molecular complexity index is 133. The van der Waals surface area contributed by atoms with Gasteiger partial charge in [0.25, 0.3) is 0 Å². The van der Waals surface area contributed by atoms with E-state index in [2.05, 4.69) is 0 Å². The van der Waals surface area contributed by atoms with Gasteiger partial charge in [-0.05, 0) is 10.8 Å². The van der Waals surface area contributed by atoms with Crippen molar-refractivity contribution in [1.29, 1.82) is 0 Å². The maximum atomic E-state index is 12.7. The Kier molecular flexibility index (Phi) is 3.12. The van der Waals surface area contributed by atoms with Crippen molar-refractivity contribution in [3.63, 3.8) is 0 Å². The Balaban J connectivity index is 5.02. The van der Waals surface area contributed by atoms with E-state index in [0.29, 0.717) is 0 Å². The minimum Gasteiger partial charge on any atom is -0.171 e. The summed E-state index contributed by atoms with van der Waals surface area (Å²) in [7, 11) is 0. The fourth-order valence-electron chi connectivity index (χ4n) is 2.28. The van der Waals surface area contributed by atoms with Gasteiger partial charge in [0.1, 0.15) is 0 Å². The highest BCUT2D eigenvalue weighted by Crippen LogP contribution is 2.49. The van der Waals surface area contributed by atoms with Gasteiger partial charge in [0.15, 0.2) is 0 Å². The molecule has 0 aromatic heterocycles. The lowest BCUT2D eigenvalue weighted by atomic mass is 9.66. The van der Waals surface area contributed by atoms with E-state index < -0.39 is 22.9 Å². The van der Waals surface area contributed by atoms with E-state index in [1.54, 1.807) is 41.5 Å². The first-order chi connectivity index (χ1) is 5.37. The van der Waals surface area contributed by atoms with Crippen molar-refractivity contribution in [2.75, 3.05) is 0 Å². The molecule has 0 aromatic rings. The maximum Gasteiger partial charge on any atom is 0.392 e. The second-order valence-corrected chi connectivity index (χ2v) is 5.71. The van der Waals surface area contributed by atoms with Crippen LogP contribution in [0, 0.1) is 16.7 Å². The molecule has 0 amide bonds. The van der Waals surface area contributed by atoms with Gasteiger partial charge in [0.2, 0.25) is 0 Å². The van der Waals surface area contributed by atoms with Gasteiger partial charge in [-0.2, -0.15) is 13.2 Å². The molecule has 0 aliphatic carbocycles. The molecule has 0 unspecified atom stereocenters. The standard InChI is InChI=1S/C10H19F3/c1-8(2,3)7(9(4,5)6)10(11,12)13/h7H,1-6H3. The third-order valence-electron chi connectivity index (χ3n) is 2.06. The highest BCUT2D eigenvalue weighted by molar-refractivity contribution is 4.88. The van der Waals surface area contributed by atoms with Gasteiger partial charge < -0.3 is 0 Å². The van der Waals surface area contributed by atoms with Crippen molar-refractivity contribution < 1.29 is 13.2 Å². The predicted molar refractivity (Wildman–Crippen MR) is 48.5 cm³/mol. The Labute approximate surface area is 78.5 Å². The van der Waals surface area contributed by atoms with E-state index in [4.69, 9.17) is 0 Å². The summed E-state index contributed by atoms with van der Waals surface area (Å²) in [4.78, 5) is 0. The quantitative estimate of drug-likeness (QED) is 0.543. The summed E-state index contributed by atoms with van der Waals surface area (Å²) in [6, 6.07) is 0.